The Labute approximate surface area is 101 Å². The van der Waals surface area contributed by atoms with Crippen LogP contribution in [0.4, 0.5) is 5.69 Å². The first-order valence-electron chi connectivity index (χ1n) is 6.01. The van der Waals surface area contributed by atoms with Crippen LogP contribution in [-0.2, 0) is 4.74 Å². The molecule has 1 saturated heterocycles. The lowest BCUT2D eigenvalue weighted by atomic mass is 10.1. The van der Waals surface area contributed by atoms with Crippen molar-refractivity contribution in [3.8, 4) is 0 Å². The Bertz CT molecular complexity index is 383. The van der Waals surface area contributed by atoms with Crippen molar-refractivity contribution in [2.75, 3.05) is 32.0 Å². The maximum atomic E-state index is 12.2. The number of aromatic amines is 1. The van der Waals surface area contributed by atoms with Gasteiger partial charge in [0.2, 0.25) is 0 Å². The van der Waals surface area contributed by atoms with Gasteiger partial charge in [0.05, 0.1) is 6.61 Å². The monoisotopic (exact) mass is 237 g/mol. The van der Waals surface area contributed by atoms with Crippen molar-refractivity contribution in [3.63, 3.8) is 0 Å². The van der Waals surface area contributed by atoms with Gasteiger partial charge in [0.15, 0.2) is 0 Å². The van der Waals surface area contributed by atoms with Crippen LogP contribution in [0.25, 0.3) is 0 Å². The molecule has 5 nitrogen and oxygen atoms in total. The molecule has 17 heavy (non-hydrogen) atoms. The van der Waals surface area contributed by atoms with Crippen LogP contribution in [0.3, 0.4) is 0 Å². The molecule has 1 aromatic rings. The predicted octanol–water partition coefficient (Wildman–Crippen LogP) is 1.10. The maximum absolute atomic E-state index is 12.2. The van der Waals surface area contributed by atoms with Gasteiger partial charge >= 0.3 is 0 Å². The third-order valence-electron chi connectivity index (χ3n) is 3.11. The number of nitrogens with zero attached hydrogens (tertiary/aromatic N) is 1. The fraction of sp³-hybridized carbons (Fsp3) is 0.583. The van der Waals surface area contributed by atoms with Crippen molar-refractivity contribution >= 4 is 11.6 Å². The lowest BCUT2D eigenvalue weighted by molar-refractivity contribution is 0.0725. The van der Waals surface area contributed by atoms with Crippen LogP contribution in [0.5, 0.6) is 0 Å². The molecule has 94 valence electrons. The Balaban J connectivity index is 1.99. The van der Waals surface area contributed by atoms with E-state index < -0.39 is 0 Å². The Morgan fingerprint density at radius 1 is 1.71 bits per heavy atom. The Kier molecular flexibility index (Phi) is 3.68. The highest BCUT2D eigenvalue weighted by atomic mass is 16.5. The minimum atomic E-state index is 0.0103. The van der Waals surface area contributed by atoms with E-state index in [0.717, 1.165) is 26.2 Å². The van der Waals surface area contributed by atoms with Gasteiger partial charge in [-0.25, -0.2) is 0 Å². The van der Waals surface area contributed by atoms with Crippen LogP contribution in [0.15, 0.2) is 12.3 Å². The van der Waals surface area contributed by atoms with E-state index in [4.69, 9.17) is 10.5 Å². The lowest BCUT2D eigenvalue weighted by Gasteiger charge is -2.23. The topological polar surface area (TPSA) is 71.3 Å². The van der Waals surface area contributed by atoms with Crippen molar-refractivity contribution in [2.45, 2.75) is 13.3 Å². The van der Waals surface area contributed by atoms with Gasteiger partial charge in [0, 0.05) is 37.5 Å². The molecule has 1 atom stereocenters. The highest BCUT2D eigenvalue weighted by Crippen LogP contribution is 2.16. The minimum Gasteiger partial charge on any atom is -0.397 e. The summed E-state index contributed by atoms with van der Waals surface area (Å²) in [5.41, 5.74) is 6.75. The molecular formula is C12H19N3O2. The van der Waals surface area contributed by atoms with E-state index in [0.29, 0.717) is 23.8 Å². The molecule has 0 radical (unpaired) electrons. The summed E-state index contributed by atoms with van der Waals surface area (Å²) in [7, 11) is 0. The summed E-state index contributed by atoms with van der Waals surface area (Å²) < 4.78 is 5.33. The molecule has 0 aliphatic carbocycles. The number of nitrogens with two attached hydrogens (primary N) is 1. The molecule has 0 spiro atoms. The molecule has 5 heteroatoms. The first-order chi connectivity index (χ1) is 8.20. The number of anilines is 1. The quantitative estimate of drug-likeness (QED) is 0.823. The molecule has 1 aromatic heterocycles. The molecule has 1 aliphatic rings. The van der Waals surface area contributed by atoms with Gasteiger partial charge in [-0.05, 0) is 19.4 Å². The Hall–Kier alpha value is -1.49. The number of amides is 1. The van der Waals surface area contributed by atoms with Gasteiger partial charge in [0.1, 0.15) is 5.69 Å². The molecule has 1 unspecified atom stereocenters. The molecule has 3 N–H and O–H groups in total. The maximum Gasteiger partial charge on any atom is 0.270 e. The van der Waals surface area contributed by atoms with Crippen molar-refractivity contribution in [2.24, 2.45) is 5.92 Å². The highest BCUT2D eigenvalue weighted by molar-refractivity contribution is 5.93. The van der Waals surface area contributed by atoms with Crippen LogP contribution in [-0.4, -0.2) is 42.1 Å². The number of H-pyrrole nitrogens is 1. The summed E-state index contributed by atoms with van der Waals surface area (Å²) in [6.07, 6.45) is 2.68. The number of hydrogen-bond acceptors (Lipinski definition) is 3. The summed E-state index contributed by atoms with van der Waals surface area (Å²) in [4.78, 5) is 16.9. The first-order valence-corrected chi connectivity index (χ1v) is 6.01. The van der Waals surface area contributed by atoms with Crippen LogP contribution in [0.2, 0.25) is 0 Å². The second-order valence-corrected chi connectivity index (χ2v) is 4.42. The standard InChI is InChI=1S/C12H19N3O2/c1-2-15(7-9-3-4-17-8-9)12(16)11-5-10(13)6-14-11/h5-6,9,14H,2-4,7-8,13H2,1H3. The fourth-order valence-electron chi connectivity index (χ4n) is 2.10. The van der Waals surface area contributed by atoms with Crippen molar-refractivity contribution in [3.05, 3.63) is 18.0 Å². The van der Waals surface area contributed by atoms with Crippen LogP contribution in [0, 0.1) is 5.92 Å². The third-order valence-corrected chi connectivity index (χ3v) is 3.11. The van der Waals surface area contributed by atoms with Crippen LogP contribution in [0.1, 0.15) is 23.8 Å². The Morgan fingerprint density at radius 3 is 3.06 bits per heavy atom. The average Bonchev–Trinajstić information content (AvgIpc) is 2.96. The average molecular weight is 237 g/mol. The van der Waals surface area contributed by atoms with E-state index in [-0.39, 0.29) is 5.91 Å². The van der Waals surface area contributed by atoms with Gasteiger partial charge in [-0.1, -0.05) is 0 Å². The zero-order valence-corrected chi connectivity index (χ0v) is 10.1. The molecule has 2 rings (SSSR count). The molecule has 0 bridgehead atoms. The van der Waals surface area contributed by atoms with Gasteiger partial charge in [0.25, 0.3) is 5.91 Å². The highest BCUT2D eigenvalue weighted by Gasteiger charge is 2.22. The SMILES string of the molecule is CCN(CC1CCOC1)C(=O)c1cc(N)c[nH]1. The number of rotatable bonds is 4. The van der Waals surface area contributed by atoms with E-state index in [1.165, 1.54) is 0 Å². The second kappa shape index (κ2) is 5.23. The Morgan fingerprint density at radius 2 is 2.53 bits per heavy atom. The van der Waals surface area contributed by atoms with Gasteiger partial charge < -0.3 is 20.4 Å². The number of ether oxygens (including phenoxy) is 1. The molecule has 0 saturated carbocycles. The van der Waals surface area contributed by atoms with Gasteiger partial charge in [-0.2, -0.15) is 0 Å². The van der Waals surface area contributed by atoms with Crippen molar-refractivity contribution < 1.29 is 9.53 Å². The number of carbonyl (C=O) groups is 1. The summed E-state index contributed by atoms with van der Waals surface area (Å²) >= 11 is 0. The number of aromatic nitrogens is 1. The molecule has 1 fully saturated rings. The van der Waals surface area contributed by atoms with Gasteiger partial charge in [-0.15, -0.1) is 0 Å². The summed E-state index contributed by atoms with van der Waals surface area (Å²) in [6, 6.07) is 1.68. The fourth-order valence-corrected chi connectivity index (χ4v) is 2.10. The molecular weight excluding hydrogens is 218 g/mol. The van der Waals surface area contributed by atoms with Crippen LogP contribution < -0.4 is 5.73 Å². The molecule has 1 amide bonds. The predicted molar refractivity (Wildman–Crippen MR) is 65.7 cm³/mol. The number of nitrogen functional groups attached to an aromatic ring is 1. The second-order valence-electron chi connectivity index (χ2n) is 4.42. The zero-order chi connectivity index (χ0) is 12.3. The zero-order valence-electron chi connectivity index (χ0n) is 10.1. The first kappa shape index (κ1) is 12.0. The van der Waals surface area contributed by atoms with E-state index in [2.05, 4.69) is 4.98 Å². The number of hydrogen-bond donors (Lipinski definition) is 2. The van der Waals surface area contributed by atoms with E-state index >= 15 is 0 Å². The van der Waals surface area contributed by atoms with E-state index in [9.17, 15) is 4.79 Å². The third kappa shape index (κ3) is 2.79. The van der Waals surface area contributed by atoms with E-state index in [1.807, 2.05) is 11.8 Å². The molecule has 1 aliphatic heterocycles. The van der Waals surface area contributed by atoms with Crippen molar-refractivity contribution in [1.82, 2.24) is 9.88 Å². The number of nitrogens with one attached hydrogen (secondary N) is 1. The smallest absolute Gasteiger partial charge is 0.270 e. The van der Waals surface area contributed by atoms with Crippen molar-refractivity contribution in [1.29, 1.82) is 0 Å². The number of carbonyl (C=O) groups excluding carboxylic acids is 1. The summed E-state index contributed by atoms with van der Waals surface area (Å²) in [5.74, 6) is 0.474. The normalized spacial score (nSPS) is 19.5. The summed E-state index contributed by atoms with van der Waals surface area (Å²) in [5, 5.41) is 0. The van der Waals surface area contributed by atoms with E-state index in [1.54, 1.807) is 12.3 Å². The van der Waals surface area contributed by atoms with Gasteiger partial charge in [-0.3, -0.25) is 4.79 Å². The van der Waals surface area contributed by atoms with Crippen LogP contribution >= 0.6 is 0 Å². The lowest BCUT2D eigenvalue weighted by Crippen LogP contribution is -2.35. The largest absolute Gasteiger partial charge is 0.397 e. The minimum absolute atomic E-state index is 0.0103. The molecule has 2 heterocycles. The molecule has 0 aromatic carbocycles. The summed E-state index contributed by atoms with van der Waals surface area (Å²) in [6.45, 7) is 5.02.